The van der Waals surface area contributed by atoms with E-state index >= 15 is 4.57 Å². The number of nitrogens with zero attached hydrogens (tertiary/aromatic N) is 1. The first-order valence-electron chi connectivity index (χ1n) is 11.2. The molecule has 0 N–H and O–H groups in total. The molecule has 2 aliphatic rings. The number of carbonyl (C=O) groups excluding carboxylic acids is 1. The second kappa shape index (κ2) is 8.67. The summed E-state index contributed by atoms with van der Waals surface area (Å²) in [6, 6.07) is 20.3. The highest BCUT2D eigenvalue weighted by Crippen LogP contribution is 2.81. The molecule has 0 unspecified atom stereocenters. The molecule has 0 spiro atoms. The third kappa shape index (κ3) is 4.36. The summed E-state index contributed by atoms with van der Waals surface area (Å²) in [5, 5.41) is 0. The van der Waals surface area contributed by atoms with E-state index in [1.54, 1.807) is 4.90 Å². The van der Waals surface area contributed by atoms with E-state index in [1.165, 1.54) is 0 Å². The highest BCUT2D eigenvalue weighted by Gasteiger charge is 2.52. The molecule has 2 aliphatic heterocycles. The molecule has 0 radical (unpaired) electrons. The van der Waals surface area contributed by atoms with Crippen LogP contribution in [-0.4, -0.2) is 23.1 Å². The molecule has 164 valence electrons. The van der Waals surface area contributed by atoms with Crippen molar-refractivity contribution in [3.8, 4) is 0 Å². The zero-order valence-electron chi connectivity index (χ0n) is 18.7. The van der Waals surface area contributed by atoms with Crippen molar-refractivity contribution in [2.24, 2.45) is 0 Å². The third-order valence-corrected chi connectivity index (χ3v) is 10.3. The van der Waals surface area contributed by atoms with Gasteiger partial charge in [-0.2, -0.15) is 0 Å². The van der Waals surface area contributed by atoms with Gasteiger partial charge in [-0.1, -0.05) is 66.7 Å². The summed E-state index contributed by atoms with van der Waals surface area (Å²) in [5.74, 6) is 0. The molecule has 5 heteroatoms. The predicted molar refractivity (Wildman–Crippen MR) is 125 cm³/mol. The third-order valence-electron chi connectivity index (χ3n) is 6.17. The Morgan fingerprint density at radius 2 is 1.45 bits per heavy atom. The molecule has 2 aromatic rings. The molecule has 2 heterocycles. The lowest BCUT2D eigenvalue weighted by Crippen LogP contribution is -2.38. The van der Waals surface area contributed by atoms with Crippen LogP contribution in [0.2, 0.25) is 0 Å². The van der Waals surface area contributed by atoms with Crippen LogP contribution in [0.15, 0.2) is 72.2 Å². The van der Waals surface area contributed by atoms with Crippen LogP contribution in [0.5, 0.6) is 0 Å². The quantitative estimate of drug-likeness (QED) is 0.467. The van der Waals surface area contributed by atoms with Gasteiger partial charge in [0.05, 0.1) is 5.44 Å². The fourth-order valence-electron chi connectivity index (χ4n) is 4.90. The van der Waals surface area contributed by atoms with Gasteiger partial charge in [0.1, 0.15) is 12.7 Å². The first kappa shape index (κ1) is 21.9. The minimum absolute atomic E-state index is 0.0896. The van der Waals surface area contributed by atoms with Crippen LogP contribution < -0.4 is 0 Å². The lowest BCUT2D eigenvalue weighted by Gasteiger charge is -2.38. The number of hydrogen-bond acceptors (Lipinski definition) is 3. The Balaban J connectivity index is 1.81. The van der Waals surface area contributed by atoms with E-state index in [0.29, 0.717) is 12.0 Å². The standard InChI is InChI=1S/C26H32NO3P/c1-26(2,3)30-25(28)27-19-11-10-16-24(27)31(29)22(20-12-6-4-7-13-20)17-18-23(31)21-14-8-5-9-15-21/h4-9,12-16,22-23H,10-11,17-19H2,1-3H3/t22-,23-/m0/s1. The summed E-state index contributed by atoms with van der Waals surface area (Å²) in [5.41, 5.74) is 2.12. The second-order valence-corrected chi connectivity index (χ2v) is 12.6. The Morgan fingerprint density at radius 3 is 1.94 bits per heavy atom. The molecule has 4 rings (SSSR count). The highest BCUT2D eigenvalue weighted by atomic mass is 31.2. The van der Waals surface area contributed by atoms with Gasteiger partial charge in [0, 0.05) is 17.9 Å². The number of allylic oxidation sites excluding steroid dienone is 1. The van der Waals surface area contributed by atoms with Gasteiger partial charge in [0.2, 0.25) is 0 Å². The maximum atomic E-state index is 15.2. The normalized spacial score (nSPS) is 23.3. The summed E-state index contributed by atoms with van der Waals surface area (Å²) in [6.45, 7) is 6.16. The van der Waals surface area contributed by atoms with Gasteiger partial charge in [-0.3, -0.25) is 4.90 Å². The summed E-state index contributed by atoms with van der Waals surface area (Å²) >= 11 is 0. The summed E-state index contributed by atoms with van der Waals surface area (Å²) in [7, 11) is -3.00. The molecular weight excluding hydrogens is 405 g/mol. The molecule has 0 aromatic heterocycles. The van der Waals surface area contributed by atoms with E-state index in [4.69, 9.17) is 4.74 Å². The lowest BCUT2D eigenvalue weighted by atomic mass is 10.0. The monoisotopic (exact) mass is 437 g/mol. The minimum Gasteiger partial charge on any atom is -0.443 e. The van der Waals surface area contributed by atoms with E-state index in [0.717, 1.165) is 36.8 Å². The SMILES string of the molecule is CC(C)(C)OC(=O)N1CCCC=C1P1(=O)[C@H](c2ccccc2)CC[C@H]1c1ccccc1. The van der Waals surface area contributed by atoms with Crippen LogP contribution in [0.4, 0.5) is 4.79 Å². The largest absolute Gasteiger partial charge is 0.443 e. The molecule has 4 nitrogen and oxygen atoms in total. The first-order chi connectivity index (χ1) is 14.8. The maximum Gasteiger partial charge on any atom is 0.414 e. The van der Waals surface area contributed by atoms with Crippen molar-refractivity contribution in [2.45, 2.75) is 63.4 Å². The lowest BCUT2D eigenvalue weighted by molar-refractivity contribution is 0.0316. The van der Waals surface area contributed by atoms with Crippen LogP contribution in [0.3, 0.4) is 0 Å². The van der Waals surface area contributed by atoms with Crippen molar-refractivity contribution < 1.29 is 14.1 Å². The van der Waals surface area contributed by atoms with E-state index in [2.05, 4.69) is 24.3 Å². The van der Waals surface area contributed by atoms with Gasteiger partial charge in [-0.25, -0.2) is 4.79 Å². The molecule has 0 bridgehead atoms. The number of rotatable bonds is 3. The molecular formula is C26H32NO3P. The average molecular weight is 438 g/mol. The average Bonchev–Trinajstić information content (AvgIpc) is 3.12. The molecule has 1 saturated heterocycles. The van der Waals surface area contributed by atoms with Crippen molar-refractivity contribution >= 4 is 13.2 Å². The van der Waals surface area contributed by atoms with Crippen LogP contribution >= 0.6 is 7.14 Å². The van der Waals surface area contributed by atoms with Gasteiger partial charge in [0.15, 0.2) is 0 Å². The summed E-state index contributed by atoms with van der Waals surface area (Å²) in [6.07, 6.45) is 5.04. The highest BCUT2D eigenvalue weighted by molar-refractivity contribution is 7.69. The van der Waals surface area contributed by atoms with Gasteiger partial charge in [-0.05, 0) is 57.6 Å². The Labute approximate surface area is 185 Å². The van der Waals surface area contributed by atoms with Gasteiger partial charge >= 0.3 is 6.09 Å². The molecule has 0 saturated carbocycles. The van der Waals surface area contributed by atoms with Crippen molar-refractivity contribution in [1.82, 2.24) is 4.90 Å². The molecule has 1 amide bonds. The van der Waals surface area contributed by atoms with Crippen molar-refractivity contribution in [1.29, 1.82) is 0 Å². The zero-order chi connectivity index (χ0) is 22.1. The van der Waals surface area contributed by atoms with Crippen molar-refractivity contribution in [3.63, 3.8) is 0 Å². The Hall–Kier alpha value is -2.32. The van der Waals surface area contributed by atoms with Crippen LogP contribution in [0, 0.1) is 0 Å². The number of benzene rings is 2. The molecule has 0 aliphatic carbocycles. The fourth-order valence-corrected chi connectivity index (χ4v) is 9.24. The van der Waals surface area contributed by atoms with Gasteiger partial charge < -0.3 is 9.30 Å². The van der Waals surface area contributed by atoms with Crippen molar-refractivity contribution in [2.75, 3.05) is 6.54 Å². The number of amides is 1. The topological polar surface area (TPSA) is 46.6 Å². The Bertz CT molecular complexity index is 943. The fraction of sp³-hybridized carbons (Fsp3) is 0.423. The maximum absolute atomic E-state index is 15.2. The zero-order valence-corrected chi connectivity index (χ0v) is 19.6. The molecule has 2 atom stereocenters. The van der Waals surface area contributed by atoms with Crippen LogP contribution in [-0.2, 0) is 9.30 Å². The second-order valence-electron chi connectivity index (χ2n) is 9.48. The predicted octanol–water partition coefficient (Wildman–Crippen LogP) is 7.50. The number of carbonyl (C=O) groups is 1. The van der Waals surface area contributed by atoms with E-state index < -0.39 is 12.7 Å². The van der Waals surface area contributed by atoms with E-state index in [-0.39, 0.29) is 17.4 Å². The summed E-state index contributed by atoms with van der Waals surface area (Å²) in [4.78, 5) is 14.8. The minimum atomic E-state index is -3.00. The number of ether oxygens (including phenoxy) is 1. The Morgan fingerprint density at radius 1 is 0.935 bits per heavy atom. The molecule has 1 fully saturated rings. The summed E-state index contributed by atoms with van der Waals surface area (Å²) < 4.78 is 20.9. The van der Waals surface area contributed by atoms with Crippen LogP contribution in [0.1, 0.15) is 68.9 Å². The van der Waals surface area contributed by atoms with Crippen molar-refractivity contribution in [3.05, 3.63) is 83.3 Å². The number of hydrogen-bond donors (Lipinski definition) is 0. The smallest absolute Gasteiger partial charge is 0.414 e. The first-order valence-corrected chi connectivity index (χ1v) is 13.1. The molecule has 2 aromatic carbocycles. The molecule has 31 heavy (non-hydrogen) atoms. The van der Waals surface area contributed by atoms with E-state index in [1.807, 2.05) is 63.2 Å². The van der Waals surface area contributed by atoms with E-state index in [9.17, 15) is 4.79 Å². The van der Waals surface area contributed by atoms with Crippen LogP contribution in [0.25, 0.3) is 0 Å². The van der Waals surface area contributed by atoms with Gasteiger partial charge in [0.25, 0.3) is 0 Å². The van der Waals surface area contributed by atoms with Gasteiger partial charge in [-0.15, -0.1) is 0 Å². The Kier molecular flexibility index (Phi) is 6.12.